The molecule has 1 atom stereocenters. The molecule has 2 aromatic rings. The van der Waals surface area contributed by atoms with Crippen LogP contribution < -0.4 is 5.32 Å². The summed E-state index contributed by atoms with van der Waals surface area (Å²) in [5, 5.41) is 6.61. The topological polar surface area (TPSA) is 24.9 Å². The predicted octanol–water partition coefficient (Wildman–Crippen LogP) is 4.00. The fourth-order valence-corrected chi connectivity index (χ4v) is 3.99. The van der Waals surface area contributed by atoms with E-state index in [-0.39, 0.29) is 5.54 Å². The molecule has 1 aromatic carbocycles. The van der Waals surface area contributed by atoms with E-state index < -0.39 is 0 Å². The summed E-state index contributed by atoms with van der Waals surface area (Å²) in [6.07, 6.45) is 12.0. The van der Waals surface area contributed by atoms with Gasteiger partial charge in [-0.3, -0.25) is 4.98 Å². The average Bonchev–Trinajstić information content (AvgIpc) is 3.33. The van der Waals surface area contributed by atoms with Crippen molar-refractivity contribution in [3.05, 3.63) is 42.2 Å². The number of pyridine rings is 1. The number of fused-ring (bicyclic) bond motifs is 1. The Morgan fingerprint density at radius 1 is 1.10 bits per heavy atom. The number of hydrogen-bond acceptors (Lipinski definition) is 2. The summed E-state index contributed by atoms with van der Waals surface area (Å²) in [5.74, 6) is 0.833. The molecule has 2 heteroatoms. The second kappa shape index (κ2) is 4.85. The maximum atomic E-state index is 4.28. The molecule has 104 valence electrons. The Balaban J connectivity index is 1.89. The maximum Gasteiger partial charge on any atom is 0.0469 e. The third kappa shape index (κ3) is 1.94. The first-order valence-electron chi connectivity index (χ1n) is 7.98. The molecule has 1 aliphatic heterocycles. The van der Waals surface area contributed by atoms with Crippen molar-refractivity contribution in [3.63, 3.8) is 0 Å². The van der Waals surface area contributed by atoms with E-state index in [4.69, 9.17) is 0 Å². The van der Waals surface area contributed by atoms with Crippen LogP contribution in [0.15, 0.2) is 36.7 Å². The zero-order valence-electron chi connectivity index (χ0n) is 11.9. The molecule has 1 saturated carbocycles. The minimum atomic E-state index is 0.220. The molecule has 20 heavy (non-hydrogen) atoms. The summed E-state index contributed by atoms with van der Waals surface area (Å²) >= 11 is 0. The first-order chi connectivity index (χ1) is 9.90. The maximum absolute atomic E-state index is 4.28. The average molecular weight is 266 g/mol. The lowest BCUT2D eigenvalue weighted by atomic mass is 9.79. The van der Waals surface area contributed by atoms with Crippen molar-refractivity contribution in [1.29, 1.82) is 0 Å². The number of nitrogens with one attached hydrogen (secondary N) is 1. The first-order valence-corrected chi connectivity index (χ1v) is 7.98. The SMILES string of the molecule is c1cc(C2(C3CC3)CCCCCN2)c2ccncc2c1. The van der Waals surface area contributed by atoms with Crippen LogP contribution in [0.4, 0.5) is 0 Å². The van der Waals surface area contributed by atoms with Gasteiger partial charge in [-0.1, -0.05) is 31.0 Å². The van der Waals surface area contributed by atoms with Crippen molar-refractivity contribution < 1.29 is 0 Å². The van der Waals surface area contributed by atoms with E-state index >= 15 is 0 Å². The van der Waals surface area contributed by atoms with Crippen LogP contribution in [0.1, 0.15) is 44.1 Å². The molecule has 0 amide bonds. The largest absolute Gasteiger partial charge is 0.307 e. The van der Waals surface area contributed by atoms with Gasteiger partial charge in [0.2, 0.25) is 0 Å². The van der Waals surface area contributed by atoms with Gasteiger partial charge in [0.25, 0.3) is 0 Å². The highest BCUT2D eigenvalue weighted by atomic mass is 15.0. The summed E-state index contributed by atoms with van der Waals surface area (Å²) in [5.41, 5.74) is 1.74. The summed E-state index contributed by atoms with van der Waals surface area (Å²) in [4.78, 5) is 4.28. The third-order valence-corrected chi connectivity index (χ3v) is 5.12. The van der Waals surface area contributed by atoms with Crippen molar-refractivity contribution in [2.24, 2.45) is 5.92 Å². The van der Waals surface area contributed by atoms with Gasteiger partial charge in [0, 0.05) is 23.3 Å². The van der Waals surface area contributed by atoms with Crippen molar-refractivity contribution >= 4 is 10.8 Å². The molecule has 2 heterocycles. The van der Waals surface area contributed by atoms with Crippen LogP contribution in [0.25, 0.3) is 10.8 Å². The van der Waals surface area contributed by atoms with E-state index in [1.54, 1.807) is 0 Å². The minimum Gasteiger partial charge on any atom is -0.307 e. The van der Waals surface area contributed by atoms with E-state index in [0.717, 1.165) is 12.5 Å². The molecular formula is C18H22N2. The molecule has 2 fully saturated rings. The number of hydrogen-bond donors (Lipinski definition) is 1. The second-order valence-electron chi connectivity index (χ2n) is 6.39. The number of benzene rings is 1. The normalized spacial score (nSPS) is 27.4. The van der Waals surface area contributed by atoms with E-state index in [9.17, 15) is 0 Å². The van der Waals surface area contributed by atoms with Gasteiger partial charge in [0.15, 0.2) is 0 Å². The van der Waals surface area contributed by atoms with Gasteiger partial charge in [0.1, 0.15) is 0 Å². The number of aromatic nitrogens is 1. The van der Waals surface area contributed by atoms with E-state index in [1.807, 2.05) is 12.4 Å². The Hall–Kier alpha value is -1.41. The van der Waals surface area contributed by atoms with Crippen molar-refractivity contribution in [1.82, 2.24) is 10.3 Å². The fourth-order valence-electron chi connectivity index (χ4n) is 3.99. The van der Waals surface area contributed by atoms with Crippen LogP contribution in [0.5, 0.6) is 0 Å². The summed E-state index contributed by atoms with van der Waals surface area (Å²) < 4.78 is 0. The van der Waals surface area contributed by atoms with Crippen LogP contribution in [0.3, 0.4) is 0 Å². The molecule has 1 saturated heterocycles. The van der Waals surface area contributed by atoms with Gasteiger partial charge in [-0.25, -0.2) is 0 Å². The Kier molecular flexibility index (Phi) is 2.99. The molecule has 0 bridgehead atoms. The molecule has 1 N–H and O–H groups in total. The van der Waals surface area contributed by atoms with Crippen molar-refractivity contribution in [2.75, 3.05) is 6.54 Å². The second-order valence-corrected chi connectivity index (χ2v) is 6.39. The highest BCUT2D eigenvalue weighted by Gasteiger charge is 2.46. The van der Waals surface area contributed by atoms with Crippen LogP contribution in [-0.4, -0.2) is 11.5 Å². The molecule has 1 unspecified atom stereocenters. The number of rotatable bonds is 2. The quantitative estimate of drug-likeness (QED) is 0.888. The Bertz CT molecular complexity index is 602. The van der Waals surface area contributed by atoms with Gasteiger partial charge < -0.3 is 5.32 Å². The van der Waals surface area contributed by atoms with Gasteiger partial charge in [-0.15, -0.1) is 0 Å². The Morgan fingerprint density at radius 2 is 2.05 bits per heavy atom. The molecular weight excluding hydrogens is 244 g/mol. The lowest BCUT2D eigenvalue weighted by Gasteiger charge is -2.36. The lowest BCUT2D eigenvalue weighted by molar-refractivity contribution is 0.281. The molecule has 1 aromatic heterocycles. The number of nitrogens with zero attached hydrogens (tertiary/aromatic N) is 1. The van der Waals surface area contributed by atoms with Crippen LogP contribution >= 0.6 is 0 Å². The standard InChI is InChI=1S/C18H22N2/c1-2-10-18(15-7-8-15,20-11-3-1)17-6-4-5-14-13-19-12-9-16(14)17/h4-6,9,12-13,15,20H,1-3,7-8,10-11H2. The molecule has 0 spiro atoms. The third-order valence-electron chi connectivity index (χ3n) is 5.12. The van der Waals surface area contributed by atoms with E-state index in [0.29, 0.717) is 0 Å². The zero-order chi connectivity index (χ0) is 13.4. The summed E-state index contributed by atoms with van der Waals surface area (Å²) in [6.45, 7) is 1.16. The monoisotopic (exact) mass is 266 g/mol. The molecule has 2 aliphatic rings. The van der Waals surface area contributed by atoms with Crippen molar-refractivity contribution in [3.8, 4) is 0 Å². The highest BCUT2D eigenvalue weighted by molar-refractivity contribution is 5.85. The van der Waals surface area contributed by atoms with Gasteiger partial charge >= 0.3 is 0 Å². The molecule has 1 aliphatic carbocycles. The van der Waals surface area contributed by atoms with E-state index in [2.05, 4.69) is 34.6 Å². The molecule has 0 radical (unpaired) electrons. The fraction of sp³-hybridized carbons (Fsp3) is 0.500. The molecule has 4 rings (SSSR count). The van der Waals surface area contributed by atoms with E-state index in [1.165, 1.54) is 54.9 Å². The van der Waals surface area contributed by atoms with Crippen LogP contribution in [-0.2, 0) is 5.54 Å². The lowest BCUT2D eigenvalue weighted by Crippen LogP contribution is -2.44. The van der Waals surface area contributed by atoms with Crippen molar-refractivity contribution in [2.45, 2.75) is 44.1 Å². The highest BCUT2D eigenvalue weighted by Crippen LogP contribution is 2.50. The Labute approximate surface area is 120 Å². The van der Waals surface area contributed by atoms with Gasteiger partial charge in [-0.2, -0.15) is 0 Å². The van der Waals surface area contributed by atoms with Gasteiger partial charge in [-0.05, 0) is 55.2 Å². The smallest absolute Gasteiger partial charge is 0.0469 e. The van der Waals surface area contributed by atoms with Crippen LogP contribution in [0, 0.1) is 5.92 Å². The molecule has 2 nitrogen and oxygen atoms in total. The zero-order valence-corrected chi connectivity index (χ0v) is 11.9. The Morgan fingerprint density at radius 3 is 2.95 bits per heavy atom. The predicted molar refractivity (Wildman–Crippen MR) is 82.6 cm³/mol. The van der Waals surface area contributed by atoms with Gasteiger partial charge in [0.05, 0.1) is 0 Å². The summed E-state index contributed by atoms with van der Waals surface area (Å²) in [6, 6.07) is 8.93. The minimum absolute atomic E-state index is 0.220. The first kappa shape index (κ1) is 12.3. The summed E-state index contributed by atoms with van der Waals surface area (Å²) in [7, 11) is 0. The van der Waals surface area contributed by atoms with Crippen LogP contribution in [0.2, 0.25) is 0 Å².